The SMILES string of the molecule is Cc1cccc(N2CCN(CC[C@H](C)NC3CCOCC3)CC2)c1. The average molecular weight is 332 g/mol. The molecule has 134 valence electrons. The maximum Gasteiger partial charge on any atom is 0.0480 e. The van der Waals surface area contributed by atoms with E-state index in [9.17, 15) is 0 Å². The van der Waals surface area contributed by atoms with Crippen molar-refractivity contribution in [1.29, 1.82) is 0 Å². The molecule has 2 aliphatic heterocycles. The molecule has 24 heavy (non-hydrogen) atoms. The lowest BCUT2D eigenvalue weighted by molar-refractivity contribution is 0.0746. The molecule has 4 heteroatoms. The van der Waals surface area contributed by atoms with Gasteiger partial charge in [0.25, 0.3) is 0 Å². The molecule has 2 fully saturated rings. The van der Waals surface area contributed by atoms with E-state index in [0.29, 0.717) is 12.1 Å². The molecular weight excluding hydrogens is 298 g/mol. The molecule has 0 bridgehead atoms. The molecule has 1 N–H and O–H groups in total. The molecule has 0 amide bonds. The molecule has 4 nitrogen and oxygen atoms in total. The van der Waals surface area contributed by atoms with Gasteiger partial charge in [-0.25, -0.2) is 0 Å². The van der Waals surface area contributed by atoms with E-state index in [4.69, 9.17) is 4.74 Å². The Morgan fingerprint density at radius 1 is 1.17 bits per heavy atom. The van der Waals surface area contributed by atoms with Gasteiger partial charge in [0.05, 0.1) is 0 Å². The Kier molecular flexibility index (Phi) is 6.52. The molecule has 0 saturated carbocycles. The van der Waals surface area contributed by atoms with Crippen LogP contribution in [0.25, 0.3) is 0 Å². The summed E-state index contributed by atoms with van der Waals surface area (Å²) in [6.07, 6.45) is 3.57. The third-order valence-electron chi connectivity index (χ3n) is 5.36. The van der Waals surface area contributed by atoms with Gasteiger partial charge in [0, 0.05) is 57.2 Å². The summed E-state index contributed by atoms with van der Waals surface area (Å²) in [5.74, 6) is 0. The number of nitrogens with one attached hydrogen (secondary N) is 1. The van der Waals surface area contributed by atoms with Crippen LogP contribution in [0.1, 0.15) is 31.7 Å². The predicted molar refractivity (Wildman–Crippen MR) is 101 cm³/mol. The predicted octanol–water partition coefficient (Wildman–Crippen LogP) is 2.66. The fourth-order valence-electron chi connectivity index (χ4n) is 3.78. The van der Waals surface area contributed by atoms with Gasteiger partial charge in [-0.1, -0.05) is 12.1 Å². The molecule has 0 unspecified atom stereocenters. The van der Waals surface area contributed by atoms with Crippen LogP contribution in [0, 0.1) is 6.92 Å². The number of piperazine rings is 1. The van der Waals surface area contributed by atoms with Crippen LogP contribution in [0.15, 0.2) is 24.3 Å². The van der Waals surface area contributed by atoms with E-state index < -0.39 is 0 Å². The van der Waals surface area contributed by atoms with Gasteiger partial charge in [-0.3, -0.25) is 4.90 Å². The summed E-state index contributed by atoms with van der Waals surface area (Å²) in [6.45, 7) is 12.2. The summed E-state index contributed by atoms with van der Waals surface area (Å²) in [5, 5.41) is 3.78. The second-order valence-electron chi connectivity index (χ2n) is 7.41. The van der Waals surface area contributed by atoms with Gasteiger partial charge in [-0.05, 0) is 57.4 Å². The zero-order valence-corrected chi connectivity index (χ0v) is 15.3. The van der Waals surface area contributed by atoms with Crippen molar-refractivity contribution in [2.45, 2.75) is 45.2 Å². The smallest absolute Gasteiger partial charge is 0.0480 e. The topological polar surface area (TPSA) is 27.7 Å². The molecule has 1 aromatic carbocycles. The average Bonchev–Trinajstić information content (AvgIpc) is 2.61. The standard InChI is InChI=1S/C20H33N3O/c1-17-4-3-5-20(16-17)23-12-10-22(11-13-23)9-6-18(2)21-19-7-14-24-15-8-19/h3-5,16,18-19,21H,6-15H2,1-2H3/t18-/m0/s1. The minimum absolute atomic E-state index is 0.600. The molecule has 0 radical (unpaired) electrons. The van der Waals surface area contributed by atoms with E-state index >= 15 is 0 Å². The number of nitrogens with zero attached hydrogens (tertiary/aromatic N) is 2. The highest BCUT2D eigenvalue weighted by atomic mass is 16.5. The molecular formula is C20H33N3O. The van der Waals surface area contributed by atoms with Gasteiger partial charge in [-0.15, -0.1) is 0 Å². The van der Waals surface area contributed by atoms with Gasteiger partial charge in [-0.2, -0.15) is 0 Å². The van der Waals surface area contributed by atoms with Crippen LogP contribution in [-0.4, -0.2) is 62.9 Å². The summed E-state index contributed by atoms with van der Waals surface area (Å²) in [4.78, 5) is 5.14. The maximum absolute atomic E-state index is 5.44. The zero-order chi connectivity index (χ0) is 16.8. The molecule has 2 heterocycles. The number of anilines is 1. The van der Waals surface area contributed by atoms with Crippen LogP contribution in [0.2, 0.25) is 0 Å². The van der Waals surface area contributed by atoms with E-state index in [1.807, 2.05) is 0 Å². The normalized spacial score (nSPS) is 21.8. The van der Waals surface area contributed by atoms with Gasteiger partial charge in [0.1, 0.15) is 0 Å². The number of benzene rings is 1. The molecule has 2 saturated heterocycles. The van der Waals surface area contributed by atoms with E-state index in [0.717, 1.165) is 26.3 Å². The van der Waals surface area contributed by atoms with Crippen LogP contribution < -0.4 is 10.2 Å². The number of ether oxygens (including phenoxy) is 1. The first-order chi connectivity index (χ1) is 11.7. The van der Waals surface area contributed by atoms with Crippen molar-refractivity contribution >= 4 is 5.69 Å². The minimum Gasteiger partial charge on any atom is -0.381 e. The molecule has 1 atom stereocenters. The van der Waals surface area contributed by atoms with Gasteiger partial charge >= 0.3 is 0 Å². The molecule has 0 aromatic heterocycles. The van der Waals surface area contributed by atoms with Crippen LogP contribution in [0.4, 0.5) is 5.69 Å². The van der Waals surface area contributed by atoms with E-state index in [-0.39, 0.29) is 0 Å². The highest BCUT2D eigenvalue weighted by Gasteiger charge is 2.19. The number of aryl methyl sites for hydroxylation is 1. The Bertz CT molecular complexity index is 493. The Hall–Kier alpha value is -1.10. The summed E-state index contributed by atoms with van der Waals surface area (Å²) >= 11 is 0. The van der Waals surface area contributed by atoms with Crippen LogP contribution >= 0.6 is 0 Å². The third-order valence-corrected chi connectivity index (χ3v) is 5.36. The Morgan fingerprint density at radius 3 is 2.62 bits per heavy atom. The lowest BCUT2D eigenvalue weighted by Gasteiger charge is -2.37. The maximum atomic E-state index is 5.44. The van der Waals surface area contributed by atoms with Crippen molar-refractivity contribution in [1.82, 2.24) is 10.2 Å². The minimum atomic E-state index is 0.600. The summed E-state index contributed by atoms with van der Waals surface area (Å²) in [6, 6.07) is 10.1. The van der Waals surface area contributed by atoms with Crippen molar-refractivity contribution in [3.05, 3.63) is 29.8 Å². The van der Waals surface area contributed by atoms with Gasteiger partial charge < -0.3 is 15.0 Å². The Morgan fingerprint density at radius 2 is 1.92 bits per heavy atom. The number of hydrogen-bond donors (Lipinski definition) is 1. The highest BCUT2D eigenvalue weighted by Crippen LogP contribution is 2.18. The number of hydrogen-bond acceptors (Lipinski definition) is 4. The monoisotopic (exact) mass is 331 g/mol. The zero-order valence-electron chi connectivity index (χ0n) is 15.3. The molecule has 0 aliphatic carbocycles. The van der Waals surface area contributed by atoms with Crippen molar-refractivity contribution in [2.75, 3.05) is 50.8 Å². The van der Waals surface area contributed by atoms with E-state index in [1.165, 1.54) is 50.1 Å². The van der Waals surface area contributed by atoms with Crippen molar-refractivity contribution in [2.24, 2.45) is 0 Å². The van der Waals surface area contributed by atoms with Crippen molar-refractivity contribution in [3.63, 3.8) is 0 Å². The lowest BCUT2D eigenvalue weighted by atomic mass is 10.1. The second kappa shape index (κ2) is 8.84. The van der Waals surface area contributed by atoms with Crippen LogP contribution in [-0.2, 0) is 4.74 Å². The first-order valence-corrected chi connectivity index (χ1v) is 9.58. The Labute approximate surface area is 147 Å². The molecule has 3 rings (SSSR count). The molecule has 1 aromatic rings. The van der Waals surface area contributed by atoms with Crippen molar-refractivity contribution < 1.29 is 4.74 Å². The highest BCUT2D eigenvalue weighted by molar-refractivity contribution is 5.48. The molecule has 2 aliphatic rings. The number of rotatable bonds is 6. The first-order valence-electron chi connectivity index (χ1n) is 9.58. The van der Waals surface area contributed by atoms with Crippen LogP contribution in [0.5, 0.6) is 0 Å². The van der Waals surface area contributed by atoms with E-state index in [1.54, 1.807) is 0 Å². The fraction of sp³-hybridized carbons (Fsp3) is 0.700. The Balaban J connectivity index is 1.36. The third kappa shape index (κ3) is 5.20. The van der Waals surface area contributed by atoms with Crippen molar-refractivity contribution in [3.8, 4) is 0 Å². The summed E-state index contributed by atoms with van der Waals surface area (Å²) < 4.78 is 5.44. The quantitative estimate of drug-likeness (QED) is 0.867. The lowest BCUT2D eigenvalue weighted by Crippen LogP contribution is -2.48. The first kappa shape index (κ1) is 17.7. The van der Waals surface area contributed by atoms with E-state index in [2.05, 4.69) is 53.2 Å². The fourth-order valence-corrected chi connectivity index (χ4v) is 3.78. The summed E-state index contributed by atoms with van der Waals surface area (Å²) in [7, 11) is 0. The second-order valence-corrected chi connectivity index (χ2v) is 7.41. The van der Waals surface area contributed by atoms with Gasteiger partial charge in [0.15, 0.2) is 0 Å². The van der Waals surface area contributed by atoms with Crippen LogP contribution in [0.3, 0.4) is 0 Å². The largest absolute Gasteiger partial charge is 0.381 e. The molecule has 0 spiro atoms. The van der Waals surface area contributed by atoms with Gasteiger partial charge in [0.2, 0.25) is 0 Å². The summed E-state index contributed by atoms with van der Waals surface area (Å²) in [5.41, 5.74) is 2.73.